The standard InChI is InChI=1S/C16H24O7/c1-7-12(17)21-10-16(5,6)11(2)22-13(18)8-9-15(3,4)14(19)23-20/h7-9,11,20H,1,10H2,2-6H3. The van der Waals surface area contributed by atoms with Gasteiger partial charge in [-0.1, -0.05) is 26.5 Å². The van der Waals surface area contributed by atoms with Crippen LogP contribution in [0.15, 0.2) is 24.8 Å². The number of ether oxygens (including phenoxy) is 2. The van der Waals surface area contributed by atoms with Crippen LogP contribution in [0.3, 0.4) is 0 Å². The van der Waals surface area contributed by atoms with Crippen molar-refractivity contribution >= 4 is 17.9 Å². The lowest BCUT2D eigenvalue weighted by Crippen LogP contribution is -2.36. The second-order valence-electron chi connectivity index (χ2n) is 6.31. The van der Waals surface area contributed by atoms with Crippen LogP contribution in [-0.4, -0.2) is 35.9 Å². The van der Waals surface area contributed by atoms with E-state index in [4.69, 9.17) is 14.7 Å². The molecular weight excluding hydrogens is 304 g/mol. The van der Waals surface area contributed by atoms with Gasteiger partial charge >= 0.3 is 17.9 Å². The number of hydrogen-bond acceptors (Lipinski definition) is 7. The second-order valence-corrected chi connectivity index (χ2v) is 6.31. The predicted molar refractivity (Wildman–Crippen MR) is 82.1 cm³/mol. The lowest BCUT2D eigenvalue weighted by Gasteiger charge is -2.30. The molecule has 0 saturated heterocycles. The minimum absolute atomic E-state index is 0.0539. The van der Waals surface area contributed by atoms with Gasteiger partial charge in [-0.2, -0.15) is 5.26 Å². The third kappa shape index (κ3) is 7.10. The van der Waals surface area contributed by atoms with Crippen molar-refractivity contribution in [2.75, 3.05) is 6.61 Å². The first-order valence-corrected chi connectivity index (χ1v) is 7.01. The molecule has 0 heterocycles. The third-order valence-corrected chi connectivity index (χ3v) is 3.39. The number of rotatable bonds is 8. The summed E-state index contributed by atoms with van der Waals surface area (Å²) in [6.07, 6.45) is 2.85. The Balaban J connectivity index is 4.67. The highest BCUT2D eigenvalue weighted by atomic mass is 17.1. The highest BCUT2D eigenvalue weighted by Crippen LogP contribution is 2.24. The normalized spacial score (nSPS) is 13.3. The first kappa shape index (κ1) is 20.9. The van der Waals surface area contributed by atoms with Crippen molar-refractivity contribution in [1.82, 2.24) is 0 Å². The number of esters is 2. The van der Waals surface area contributed by atoms with E-state index in [1.54, 1.807) is 20.8 Å². The third-order valence-electron chi connectivity index (χ3n) is 3.39. The molecule has 0 aromatic heterocycles. The maximum Gasteiger partial charge on any atom is 0.351 e. The molecule has 0 saturated carbocycles. The number of hydrogen-bond donors (Lipinski definition) is 1. The SMILES string of the molecule is C=CC(=O)OCC(C)(C)C(C)OC(=O)C=CC(C)(C)C(=O)OO. The Morgan fingerprint density at radius 1 is 1.17 bits per heavy atom. The molecule has 0 rings (SSSR count). The van der Waals surface area contributed by atoms with Crippen LogP contribution in [0, 0.1) is 10.8 Å². The molecule has 0 aliphatic heterocycles. The zero-order chi connectivity index (χ0) is 18.3. The molecule has 0 aliphatic rings. The Bertz CT molecular complexity index is 489. The summed E-state index contributed by atoms with van der Waals surface area (Å²) in [7, 11) is 0. The van der Waals surface area contributed by atoms with Crippen molar-refractivity contribution in [1.29, 1.82) is 0 Å². The maximum atomic E-state index is 11.8. The van der Waals surface area contributed by atoms with Gasteiger partial charge in [0.15, 0.2) is 0 Å². The molecule has 0 amide bonds. The van der Waals surface area contributed by atoms with Gasteiger partial charge in [0, 0.05) is 17.6 Å². The molecule has 0 spiro atoms. The Morgan fingerprint density at radius 2 is 1.74 bits per heavy atom. The summed E-state index contributed by atoms with van der Waals surface area (Å²) in [4.78, 5) is 37.8. The van der Waals surface area contributed by atoms with E-state index in [0.29, 0.717) is 0 Å². The first-order chi connectivity index (χ1) is 10.5. The lowest BCUT2D eigenvalue weighted by molar-refractivity contribution is -0.241. The Kier molecular flexibility index (Phi) is 7.68. The van der Waals surface area contributed by atoms with Crippen LogP contribution in [0.25, 0.3) is 0 Å². The van der Waals surface area contributed by atoms with Crippen molar-refractivity contribution in [2.24, 2.45) is 10.8 Å². The van der Waals surface area contributed by atoms with E-state index in [2.05, 4.69) is 11.5 Å². The summed E-state index contributed by atoms with van der Waals surface area (Å²) >= 11 is 0. The van der Waals surface area contributed by atoms with Crippen molar-refractivity contribution in [3.05, 3.63) is 24.8 Å². The molecule has 130 valence electrons. The van der Waals surface area contributed by atoms with Gasteiger partial charge in [-0.05, 0) is 20.8 Å². The number of carbonyl (C=O) groups is 3. The van der Waals surface area contributed by atoms with Crippen molar-refractivity contribution in [2.45, 2.75) is 40.7 Å². The Labute approximate surface area is 135 Å². The van der Waals surface area contributed by atoms with Gasteiger partial charge in [-0.15, -0.1) is 0 Å². The molecule has 1 unspecified atom stereocenters. The average Bonchev–Trinajstić information content (AvgIpc) is 2.49. The van der Waals surface area contributed by atoms with Crippen LogP contribution >= 0.6 is 0 Å². The van der Waals surface area contributed by atoms with E-state index in [-0.39, 0.29) is 6.61 Å². The highest BCUT2D eigenvalue weighted by Gasteiger charge is 2.31. The van der Waals surface area contributed by atoms with Gasteiger partial charge in [-0.25, -0.2) is 14.4 Å². The fourth-order valence-electron chi connectivity index (χ4n) is 1.27. The topological polar surface area (TPSA) is 99.1 Å². The molecule has 0 aliphatic carbocycles. The maximum absolute atomic E-state index is 11.8. The monoisotopic (exact) mass is 328 g/mol. The number of carbonyl (C=O) groups excluding carboxylic acids is 3. The van der Waals surface area contributed by atoms with Gasteiger partial charge in [0.05, 0.1) is 5.41 Å². The quantitative estimate of drug-likeness (QED) is 0.240. The summed E-state index contributed by atoms with van der Waals surface area (Å²) in [5.41, 5.74) is -1.78. The van der Waals surface area contributed by atoms with Gasteiger partial charge in [0.25, 0.3) is 0 Å². The summed E-state index contributed by atoms with van der Waals surface area (Å²) in [6.45, 7) is 11.5. The second kappa shape index (κ2) is 8.47. The van der Waals surface area contributed by atoms with Gasteiger partial charge in [-0.3, -0.25) is 0 Å². The van der Waals surface area contributed by atoms with Crippen LogP contribution in [-0.2, 0) is 28.7 Å². The molecule has 7 heteroatoms. The molecule has 0 bridgehead atoms. The van der Waals surface area contributed by atoms with Crippen molar-refractivity contribution in [3.63, 3.8) is 0 Å². The van der Waals surface area contributed by atoms with Crippen LogP contribution in [0.4, 0.5) is 0 Å². The first-order valence-electron chi connectivity index (χ1n) is 7.01. The van der Waals surface area contributed by atoms with Gasteiger partial charge in [0.1, 0.15) is 12.7 Å². The molecule has 1 N–H and O–H groups in total. The molecule has 7 nitrogen and oxygen atoms in total. The molecule has 1 atom stereocenters. The molecule has 0 aromatic carbocycles. The van der Waals surface area contributed by atoms with E-state index < -0.39 is 34.8 Å². The molecular formula is C16H24O7. The Hall–Kier alpha value is -2.15. The largest absolute Gasteiger partial charge is 0.462 e. The van der Waals surface area contributed by atoms with Crippen LogP contribution in [0.1, 0.15) is 34.6 Å². The van der Waals surface area contributed by atoms with Crippen molar-refractivity contribution in [3.8, 4) is 0 Å². The predicted octanol–water partition coefficient (Wildman–Crippen LogP) is 2.27. The average molecular weight is 328 g/mol. The molecule has 0 aromatic rings. The smallest absolute Gasteiger partial charge is 0.351 e. The summed E-state index contributed by atoms with van der Waals surface area (Å²) in [5, 5.41) is 8.36. The summed E-state index contributed by atoms with van der Waals surface area (Å²) < 4.78 is 10.2. The minimum Gasteiger partial charge on any atom is -0.462 e. The van der Waals surface area contributed by atoms with Gasteiger partial charge in [0.2, 0.25) is 0 Å². The van der Waals surface area contributed by atoms with Crippen LogP contribution in [0.5, 0.6) is 0 Å². The fraction of sp³-hybridized carbons (Fsp3) is 0.562. The minimum atomic E-state index is -1.17. The van der Waals surface area contributed by atoms with E-state index in [1.165, 1.54) is 19.9 Å². The zero-order valence-electron chi connectivity index (χ0n) is 14.1. The fourth-order valence-corrected chi connectivity index (χ4v) is 1.27. The molecule has 23 heavy (non-hydrogen) atoms. The van der Waals surface area contributed by atoms with Gasteiger partial charge < -0.3 is 14.4 Å². The zero-order valence-corrected chi connectivity index (χ0v) is 14.1. The lowest BCUT2D eigenvalue weighted by atomic mass is 9.88. The van der Waals surface area contributed by atoms with E-state index in [1.807, 2.05) is 0 Å². The van der Waals surface area contributed by atoms with E-state index >= 15 is 0 Å². The highest BCUT2D eigenvalue weighted by molar-refractivity contribution is 5.85. The Morgan fingerprint density at radius 3 is 2.22 bits per heavy atom. The van der Waals surface area contributed by atoms with Crippen LogP contribution < -0.4 is 0 Å². The van der Waals surface area contributed by atoms with Crippen molar-refractivity contribution < 1.29 is 34.0 Å². The van der Waals surface area contributed by atoms with E-state index in [9.17, 15) is 14.4 Å². The van der Waals surface area contributed by atoms with E-state index in [0.717, 1.165) is 12.2 Å². The summed E-state index contributed by atoms with van der Waals surface area (Å²) in [6, 6.07) is 0. The summed E-state index contributed by atoms with van der Waals surface area (Å²) in [5.74, 6) is -2.12. The molecule has 0 radical (unpaired) electrons. The van der Waals surface area contributed by atoms with Crippen LogP contribution in [0.2, 0.25) is 0 Å². The molecule has 0 fully saturated rings.